The van der Waals surface area contributed by atoms with Gasteiger partial charge < -0.3 is 19.3 Å². The Hall–Kier alpha value is -3.32. The van der Waals surface area contributed by atoms with Gasteiger partial charge in [0.25, 0.3) is 0 Å². The molecule has 0 saturated heterocycles. The minimum atomic E-state index is -0.0717. The van der Waals surface area contributed by atoms with Crippen LogP contribution in [0.4, 0.5) is 0 Å². The smallest absolute Gasteiger partial charge is 0.242 e. The average Bonchev–Trinajstić information content (AvgIpc) is 3.46. The topological polar surface area (TPSA) is 59.1 Å². The van der Waals surface area contributed by atoms with E-state index in [0.29, 0.717) is 25.4 Å². The van der Waals surface area contributed by atoms with E-state index in [-0.39, 0.29) is 37.5 Å². The van der Waals surface area contributed by atoms with Crippen molar-refractivity contribution in [3.8, 4) is 11.5 Å². The summed E-state index contributed by atoms with van der Waals surface area (Å²) in [6.07, 6.45) is 0.285. The van der Waals surface area contributed by atoms with Crippen LogP contribution in [-0.4, -0.2) is 41.5 Å². The number of benzene rings is 2. The van der Waals surface area contributed by atoms with Crippen LogP contribution in [0.5, 0.6) is 11.5 Å². The Kier molecular flexibility index (Phi) is 8.08. The number of thiophene rings is 1. The third-order valence-corrected chi connectivity index (χ3v) is 6.94. The molecule has 0 bridgehead atoms. The number of rotatable bonds is 10. The van der Waals surface area contributed by atoms with Gasteiger partial charge in [0.05, 0.1) is 19.5 Å². The second kappa shape index (κ2) is 11.4. The molecule has 0 saturated carbocycles. The Morgan fingerprint density at radius 2 is 1.69 bits per heavy atom. The first-order chi connectivity index (χ1) is 16.9. The molecular weight excluding hydrogens is 460 g/mol. The fraction of sp³-hybridized carbons (Fsp3) is 0.357. The summed E-state index contributed by atoms with van der Waals surface area (Å²) in [4.78, 5) is 31.5. The molecule has 2 aromatic carbocycles. The molecule has 0 N–H and O–H groups in total. The normalized spacial score (nSPS) is 12.1. The van der Waals surface area contributed by atoms with Gasteiger partial charge in [-0.05, 0) is 53.1 Å². The largest absolute Gasteiger partial charge is 0.454 e. The Balaban J connectivity index is 1.52. The predicted molar refractivity (Wildman–Crippen MR) is 137 cm³/mol. The molecule has 1 aliphatic heterocycles. The van der Waals surface area contributed by atoms with Crippen LogP contribution in [0.25, 0.3) is 0 Å². The molecule has 2 heterocycles. The molecule has 0 atom stereocenters. The number of carbonyl (C=O) groups is 2. The van der Waals surface area contributed by atoms with Crippen LogP contribution < -0.4 is 9.47 Å². The highest BCUT2D eigenvalue weighted by atomic mass is 32.1. The zero-order valence-electron chi connectivity index (χ0n) is 20.5. The van der Waals surface area contributed by atoms with Gasteiger partial charge >= 0.3 is 0 Å². The summed E-state index contributed by atoms with van der Waals surface area (Å²) in [5, 5.41) is 2.04. The first kappa shape index (κ1) is 24.8. The van der Waals surface area contributed by atoms with Gasteiger partial charge in [0, 0.05) is 18.0 Å². The molecule has 1 aromatic heterocycles. The van der Waals surface area contributed by atoms with E-state index >= 15 is 0 Å². The van der Waals surface area contributed by atoms with Crippen molar-refractivity contribution in [2.75, 3.05) is 19.9 Å². The quantitative estimate of drug-likeness (QED) is 0.398. The van der Waals surface area contributed by atoms with E-state index < -0.39 is 0 Å². The fourth-order valence-corrected chi connectivity index (χ4v) is 4.99. The lowest BCUT2D eigenvalue weighted by Crippen LogP contribution is -2.44. The molecule has 3 aromatic rings. The standard InChI is InChI=1S/C28H32N2O4S/c1-20(2)15-29(27(31)14-22-7-5-4-6-8-22)18-28(32)30(17-26-21(3)11-12-35-26)16-23-9-10-24-25(13-23)34-19-33-24/h4-13,20H,14-19H2,1-3H3. The second-order valence-corrected chi connectivity index (χ2v) is 10.3. The van der Waals surface area contributed by atoms with Gasteiger partial charge in [0.15, 0.2) is 11.5 Å². The van der Waals surface area contributed by atoms with E-state index in [1.54, 1.807) is 16.2 Å². The van der Waals surface area contributed by atoms with Crippen LogP contribution in [0.2, 0.25) is 0 Å². The number of aryl methyl sites for hydroxylation is 1. The van der Waals surface area contributed by atoms with Crippen molar-refractivity contribution in [1.82, 2.24) is 9.80 Å². The third-order valence-electron chi connectivity index (χ3n) is 5.93. The number of nitrogens with zero attached hydrogens (tertiary/aromatic N) is 2. The van der Waals surface area contributed by atoms with Crippen molar-refractivity contribution in [3.63, 3.8) is 0 Å². The number of carbonyl (C=O) groups excluding carboxylic acids is 2. The maximum atomic E-state index is 13.6. The Bertz CT molecular complexity index is 1160. The lowest BCUT2D eigenvalue weighted by Gasteiger charge is -2.29. The SMILES string of the molecule is Cc1ccsc1CN(Cc1ccc2c(c1)OCO2)C(=O)CN(CC(C)C)C(=O)Cc1ccccc1. The summed E-state index contributed by atoms with van der Waals surface area (Å²) >= 11 is 1.64. The third kappa shape index (κ3) is 6.63. The lowest BCUT2D eigenvalue weighted by molar-refractivity contribution is -0.141. The monoisotopic (exact) mass is 492 g/mol. The molecule has 0 spiro atoms. The minimum Gasteiger partial charge on any atom is -0.454 e. The minimum absolute atomic E-state index is 0.0337. The van der Waals surface area contributed by atoms with Crippen molar-refractivity contribution >= 4 is 23.2 Å². The average molecular weight is 493 g/mol. The van der Waals surface area contributed by atoms with Crippen molar-refractivity contribution < 1.29 is 19.1 Å². The Labute approximate surface area is 211 Å². The molecule has 0 radical (unpaired) electrons. The van der Waals surface area contributed by atoms with Crippen LogP contribution >= 0.6 is 11.3 Å². The van der Waals surface area contributed by atoms with Gasteiger partial charge in [-0.25, -0.2) is 0 Å². The molecule has 0 aliphatic carbocycles. The van der Waals surface area contributed by atoms with E-state index in [4.69, 9.17) is 9.47 Å². The summed E-state index contributed by atoms with van der Waals surface area (Å²) in [6, 6.07) is 17.5. The molecular formula is C28H32N2O4S. The van der Waals surface area contributed by atoms with Gasteiger partial charge in [-0.1, -0.05) is 50.2 Å². The van der Waals surface area contributed by atoms with E-state index in [2.05, 4.69) is 26.8 Å². The highest BCUT2D eigenvalue weighted by Crippen LogP contribution is 2.33. The van der Waals surface area contributed by atoms with Crippen LogP contribution in [-0.2, 0) is 29.1 Å². The van der Waals surface area contributed by atoms with Gasteiger partial charge in [0.2, 0.25) is 18.6 Å². The van der Waals surface area contributed by atoms with E-state index in [0.717, 1.165) is 27.3 Å². The molecule has 1 aliphatic rings. The first-order valence-corrected chi connectivity index (χ1v) is 12.8. The van der Waals surface area contributed by atoms with Crippen molar-refractivity contribution in [2.24, 2.45) is 5.92 Å². The lowest BCUT2D eigenvalue weighted by atomic mass is 10.1. The van der Waals surface area contributed by atoms with Crippen LogP contribution in [0.3, 0.4) is 0 Å². The first-order valence-electron chi connectivity index (χ1n) is 11.9. The molecule has 0 unspecified atom stereocenters. The number of hydrogen-bond donors (Lipinski definition) is 0. The predicted octanol–water partition coefficient (Wildman–Crippen LogP) is 5.04. The van der Waals surface area contributed by atoms with Crippen molar-refractivity contribution in [2.45, 2.75) is 40.3 Å². The molecule has 2 amide bonds. The van der Waals surface area contributed by atoms with Crippen molar-refractivity contribution in [1.29, 1.82) is 0 Å². The van der Waals surface area contributed by atoms with E-state index in [9.17, 15) is 9.59 Å². The molecule has 184 valence electrons. The number of ether oxygens (including phenoxy) is 2. The van der Waals surface area contributed by atoms with E-state index in [1.165, 1.54) is 0 Å². The Morgan fingerprint density at radius 3 is 2.40 bits per heavy atom. The van der Waals surface area contributed by atoms with Gasteiger partial charge in [-0.3, -0.25) is 9.59 Å². The molecule has 35 heavy (non-hydrogen) atoms. The van der Waals surface area contributed by atoms with Crippen LogP contribution in [0.1, 0.15) is 35.4 Å². The summed E-state index contributed by atoms with van der Waals surface area (Å²) in [7, 11) is 0. The zero-order valence-corrected chi connectivity index (χ0v) is 21.3. The highest BCUT2D eigenvalue weighted by molar-refractivity contribution is 7.10. The second-order valence-electron chi connectivity index (χ2n) is 9.29. The maximum absolute atomic E-state index is 13.6. The number of fused-ring (bicyclic) bond motifs is 1. The number of hydrogen-bond acceptors (Lipinski definition) is 5. The molecule has 6 nitrogen and oxygen atoms in total. The summed E-state index contributed by atoms with van der Waals surface area (Å²) in [5.41, 5.74) is 3.07. The summed E-state index contributed by atoms with van der Waals surface area (Å²) in [6.45, 7) is 7.91. The maximum Gasteiger partial charge on any atom is 0.242 e. The zero-order chi connectivity index (χ0) is 24.8. The molecule has 7 heteroatoms. The van der Waals surface area contributed by atoms with Crippen LogP contribution in [0.15, 0.2) is 60.0 Å². The van der Waals surface area contributed by atoms with Crippen molar-refractivity contribution in [3.05, 3.63) is 81.5 Å². The van der Waals surface area contributed by atoms with Gasteiger partial charge in [-0.2, -0.15) is 0 Å². The summed E-state index contributed by atoms with van der Waals surface area (Å²) in [5.74, 6) is 1.56. The fourth-order valence-electron chi connectivity index (χ4n) is 4.07. The van der Waals surface area contributed by atoms with Gasteiger partial charge in [-0.15, -0.1) is 11.3 Å². The molecule has 4 rings (SSSR count). The Morgan fingerprint density at radius 1 is 0.914 bits per heavy atom. The molecule has 0 fully saturated rings. The van der Waals surface area contributed by atoms with E-state index in [1.807, 2.05) is 58.8 Å². The van der Waals surface area contributed by atoms with Gasteiger partial charge in [0.1, 0.15) is 0 Å². The highest BCUT2D eigenvalue weighted by Gasteiger charge is 2.24. The number of amides is 2. The van der Waals surface area contributed by atoms with Crippen LogP contribution in [0, 0.1) is 12.8 Å². The summed E-state index contributed by atoms with van der Waals surface area (Å²) < 4.78 is 11.0.